The lowest BCUT2D eigenvalue weighted by Gasteiger charge is -2.18. The molecule has 0 N–H and O–H groups in total. The highest BCUT2D eigenvalue weighted by Gasteiger charge is 2.38. The van der Waals surface area contributed by atoms with Gasteiger partial charge in [0.2, 0.25) is 0 Å². The monoisotopic (exact) mass is 318 g/mol. The molecule has 0 saturated carbocycles. The van der Waals surface area contributed by atoms with Crippen LogP contribution in [0, 0.1) is 0 Å². The maximum absolute atomic E-state index is 12.9. The molecule has 9 heteroatoms. The van der Waals surface area contributed by atoms with E-state index >= 15 is 0 Å². The molecule has 5 nitrogen and oxygen atoms in total. The molecule has 0 radical (unpaired) electrons. The lowest BCUT2D eigenvalue weighted by atomic mass is 10.4. The quantitative estimate of drug-likeness (QED) is 0.884. The smallest absolute Gasteiger partial charge is 0.305 e. The van der Waals surface area contributed by atoms with Crippen molar-refractivity contribution in [1.82, 2.24) is 14.8 Å². The zero-order valence-electron chi connectivity index (χ0n) is 10.2. The van der Waals surface area contributed by atoms with Crippen LogP contribution in [0.25, 0.3) is 5.69 Å². The van der Waals surface area contributed by atoms with Gasteiger partial charge in [-0.15, -0.1) is 0 Å². The summed E-state index contributed by atoms with van der Waals surface area (Å²) in [6.45, 7) is 0. The molecule has 0 aliphatic rings. The van der Waals surface area contributed by atoms with Crippen molar-refractivity contribution in [3.05, 3.63) is 35.9 Å². The molecule has 0 aromatic carbocycles. The first-order valence-corrected chi connectivity index (χ1v) is 6.17. The van der Waals surface area contributed by atoms with Gasteiger partial charge in [-0.05, 0) is 12.1 Å². The number of pyridine rings is 1. The van der Waals surface area contributed by atoms with E-state index in [2.05, 4.69) is 22.7 Å². The lowest BCUT2D eigenvalue weighted by molar-refractivity contribution is -0.131. The molecule has 2 aromatic heterocycles. The number of carbonyl (C=O) groups is 1. The Morgan fingerprint density at radius 3 is 2.80 bits per heavy atom. The minimum atomic E-state index is -3.78. The van der Waals surface area contributed by atoms with Gasteiger partial charge in [-0.3, -0.25) is 9.78 Å². The van der Waals surface area contributed by atoms with E-state index in [1.165, 1.54) is 24.1 Å². The number of carbonyl (C=O) groups excluding carboxylic acids is 1. The van der Waals surface area contributed by atoms with E-state index in [0.717, 1.165) is 0 Å². The Bertz CT molecular complexity index is 629. The molecule has 106 valence electrons. The summed E-state index contributed by atoms with van der Waals surface area (Å²) < 4.78 is 27.2. The van der Waals surface area contributed by atoms with Gasteiger partial charge in [-0.2, -0.15) is 13.9 Å². The van der Waals surface area contributed by atoms with E-state index in [9.17, 15) is 13.6 Å². The van der Waals surface area contributed by atoms with Gasteiger partial charge in [-0.1, -0.05) is 24.2 Å². The van der Waals surface area contributed by atoms with Crippen LogP contribution >= 0.6 is 24.2 Å². The Labute approximate surface area is 123 Å². The van der Waals surface area contributed by atoms with Crippen molar-refractivity contribution >= 4 is 35.8 Å². The Kier molecular flexibility index (Phi) is 3.96. The number of thiol groups is 1. The minimum Gasteiger partial charge on any atom is -0.305 e. The van der Waals surface area contributed by atoms with Gasteiger partial charge in [0.25, 0.3) is 0 Å². The van der Waals surface area contributed by atoms with Gasteiger partial charge in [-0.25, -0.2) is 4.68 Å². The fraction of sp³-hybridized carbons (Fsp3) is 0.182. The molecule has 2 aromatic rings. The van der Waals surface area contributed by atoms with Crippen molar-refractivity contribution < 1.29 is 13.6 Å². The van der Waals surface area contributed by atoms with Crippen LogP contribution in [0.15, 0.2) is 30.7 Å². The average molecular weight is 319 g/mol. The van der Waals surface area contributed by atoms with E-state index < -0.39 is 11.2 Å². The first-order chi connectivity index (χ1) is 9.30. The van der Waals surface area contributed by atoms with Gasteiger partial charge in [0.15, 0.2) is 5.15 Å². The van der Waals surface area contributed by atoms with Crippen LogP contribution in [0.2, 0.25) is 5.15 Å². The highest BCUT2D eigenvalue weighted by molar-refractivity contribution is 7.82. The molecule has 0 aliphatic carbocycles. The van der Waals surface area contributed by atoms with Gasteiger partial charge in [0, 0.05) is 13.2 Å². The number of amides is 1. The van der Waals surface area contributed by atoms with Crippen molar-refractivity contribution in [2.75, 3.05) is 11.9 Å². The molecule has 0 atom stereocenters. The van der Waals surface area contributed by atoms with Crippen molar-refractivity contribution in [2.24, 2.45) is 0 Å². The summed E-state index contributed by atoms with van der Waals surface area (Å²) in [5.74, 6) is -1.49. The van der Waals surface area contributed by atoms with E-state index in [4.69, 9.17) is 11.6 Å². The van der Waals surface area contributed by atoms with Gasteiger partial charge in [0.1, 0.15) is 5.69 Å². The Balaban J connectivity index is 2.36. The third-order valence-corrected chi connectivity index (χ3v) is 2.95. The van der Waals surface area contributed by atoms with E-state index in [1.54, 1.807) is 18.3 Å². The molecule has 0 aliphatic heterocycles. The van der Waals surface area contributed by atoms with Gasteiger partial charge < -0.3 is 4.90 Å². The highest BCUT2D eigenvalue weighted by atomic mass is 35.5. The Hall–Kier alpha value is -1.67. The Morgan fingerprint density at radius 1 is 1.55 bits per heavy atom. The van der Waals surface area contributed by atoms with Crippen LogP contribution in [-0.4, -0.2) is 33.0 Å². The number of hydrogen-bond donors (Lipinski definition) is 1. The molecule has 20 heavy (non-hydrogen) atoms. The molecule has 1 amide bonds. The van der Waals surface area contributed by atoms with Crippen molar-refractivity contribution in [3.63, 3.8) is 0 Å². The van der Waals surface area contributed by atoms with Crippen LogP contribution < -0.4 is 4.90 Å². The number of alkyl halides is 2. The van der Waals surface area contributed by atoms with Crippen molar-refractivity contribution in [3.8, 4) is 5.69 Å². The zero-order valence-corrected chi connectivity index (χ0v) is 11.8. The third-order valence-electron chi connectivity index (χ3n) is 2.49. The number of anilines is 1. The maximum Gasteiger partial charge on any atom is 0.368 e. The highest BCUT2D eigenvalue weighted by Crippen LogP contribution is 2.29. The number of hydrogen-bond acceptors (Lipinski definition) is 4. The maximum atomic E-state index is 12.9. The number of nitrogens with zero attached hydrogens (tertiary/aromatic N) is 4. The summed E-state index contributed by atoms with van der Waals surface area (Å²) >= 11 is 8.81. The van der Waals surface area contributed by atoms with Crippen LogP contribution in [0.1, 0.15) is 0 Å². The summed E-state index contributed by atoms with van der Waals surface area (Å²) in [7, 11) is 1.17. The average Bonchev–Trinajstić information content (AvgIpc) is 2.79. The lowest BCUT2D eigenvalue weighted by Crippen LogP contribution is -2.37. The second kappa shape index (κ2) is 5.37. The van der Waals surface area contributed by atoms with E-state index in [1.807, 2.05) is 0 Å². The third kappa shape index (κ3) is 2.91. The number of aromatic nitrogens is 3. The summed E-state index contributed by atoms with van der Waals surface area (Å²) in [4.78, 5) is 16.1. The summed E-state index contributed by atoms with van der Waals surface area (Å²) in [5.41, 5.74) is 0.633. The molecular formula is C11H9ClF2N4OS. The molecule has 0 unspecified atom stereocenters. The van der Waals surface area contributed by atoms with E-state index in [0.29, 0.717) is 10.6 Å². The van der Waals surface area contributed by atoms with Crippen LogP contribution in [-0.2, 0) is 4.79 Å². The standard InChI is InChI=1S/C11H9ClF2N4OS/c1-17(10(19)11(13,14)20)8-6-18(16-9(8)12)7-3-2-4-15-5-7/h2-6,20H,1H3. The first-order valence-electron chi connectivity index (χ1n) is 5.34. The van der Waals surface area contributed by atoms with Crippen LogP contribution in [0.5, 0.6) is 0 Å². The molecule has 0 spiro atoms. The van der Waals surface area contributed by atoms with Crippen molar-refractivity contribution in [1.29, 1.82) is 0 Å². The SMILES string of the molecule is CN(C(=O)C(F)(F)S)c1cn(-c2cccnc2)nc1Cl. The predicted molar refractivity (Wildman–Crippen MR) is 73.7 cm³/mol. The Morgan fingerprint density at radius 2 is 2.25 bits per heavy atom. The fourth-order valence-electron chi connectivity index (χ4n) is 1.50. The first kappa shape index (κ1) is 14.7. The summed E-state index contributed by atoms with van der Waals surface area (Å²) in [6.07, 6.45) is 4.45. The second-order valence-electron chi connectivity index (χ2n) is 3.87. The number of halogens is 3. The molecule has 2 heterocycles. The fourth-order valence-corrected chi connectivity index (χ4v) is 1.91. The normalized spacial score (nSPS) is 11.4. The summed E-state index contributed by atoms with van der Waals surface area (Å²) in [6, 6.07) is 3.39. The van der Waals surface area contributed by atoms with Gasteiger partial charge >= 0.3 is 11.2 Å². The van der Waals surface area contributed by atoms with Crippen molar-refractivity contribution in [2.45, 2.75) is 5.25 Å². The van der Waals surface area contributed by atoms with Gasteiger partial charge in [0.05, 0.1) is 18.1 Å². The minimum absolute atomic E-state index is 0.0502. The summed E-state index contributed by atoms with van der Waals surface area (Å²) in [5, 5.41) is 0.0803. The predicted octanol–water partition coefficient (Wildman–Crippen LogP) is 2.41. The van der Waals surface area contributed by atoms with Crippen LogP contribution in [0.4, 0.5) is 14.5 Å². The largest absolute Gasteiger partial charge is 0.368 e. The molecule has 0 saturated heterocycles. The zero-order chi connectivity index (χ0) is 14.9. The molecule has 0 bridgehead atoms. The molecular weight excluding hydrogens is 310 g/mol. The number of rotatable bonds is 3. The topological polar surface area (TPSA) is 51.0 Å². The van der Waals surface area contributed by atoms with Crippen LogP contribution in [0.3, 0.4) is 0 Å². The second-order valence-corrected chi connectivity index (χ2v) is 4.79. The van der Waals surface area contributed by atoms with E-state index in [-0.39, 0.29) is 10.8 Å². The molecule has 2 rings (SSSR count). The molecule has 0 fully saturated rings.